The largest absolute Gasteiger partial charge is 0.497 e. The van der Waals surface area contributed by atoms with Crippen LogP contribution in [0, 0.1) is 11.8 Å². The van der Waals surface area contributed by atoms with Gasteiger partial charge >= 0.3 is 12.1 Å². The molecular weight excluding hydrogens is 453 g/mol. The van der Waals surface area contributed by atoms with Crippen LogP contribution in [0.25, 0.3) is 0 Å². The van der Waals surface area contributed by atoms with Crippen molar-refractivity contribution in [3.63, 3.8) is 0 Å². The summed E-state index contributed by atoms with van der Waals surface area (Å²) in [6.07, 6.45) is -4.65. The number of hydrogen-bond donors (Lipinski definition) is 1. The zero-order chi connectivity index (χ0) is 24.3. The van der Waals surface area contributed by atoms with Gasteiger partial charge in [0.2, 0.25) is 5.91 Å². The Labute approximate surface area is 184 Å². The molecule has 2 fully saturated rings. The molecule has 2 aliphatic heterocycles. The summed E-state index contributed by atoms with van der Waals surface area (Å²) in [6.45, 7) is 1.81. The number of fused-ring (bicyclic) bond motifs is 1. The topological polar surface area (TPSA) is 104 Å². The van der Waals surface area contributed by atoms with E-state index in [-0.39, 0.29) is 23.5 Å². The summed E-state index contributed by atoms with van der Waals surface area (Å²) in [5, 5.41) is 6.70. The molecule has 0 bridgehead atoms. The molecule has 3 atom stereocenters. The monoisotopic (exact) mass is 480 g/mol. The fraction of sp³-hybridized carbons (Fsp3) is 0.600. The van der Waals surface area contributed by atoms with Gasteiger partial charge in [-0.1, -0.05) is 12.1 Å². The normalized spacial score (nSPS) is 24.6. The third-order valence-corrected chi connectivity index (χ3v) is 7.84. The maximum absolute atomic E-state index is 12.5. The molecule has 180 valence electrons. The summed E-state index contributed by atoms with van der Waals surface area (Å²) < 4.78 is 62.0. The lowest BCUT2D eigenvalue weighted by Crippen LogP contribution is -2.46. The molecule has 0 radical (unpaired) electrons. The summed E-state index contributed by atoms with van der Waals surface area (Å²) in [4.78, 5) is 25.1. The van der Waals surface area contributed by atoms with Gasteiger partial charge in [-0.05, 0) is 24.1 Å². The Morgan fingerprint density at radius 2 is 1.88 bits per heavy atom. The average molecular weight is 481 g/mol. The number of aliphatic carboxylic acids is 1. The van der Waals surface area contributed by atoms with Crippen molar-refractivity contribution in [1.29, 1.82) is 0 Å². The number of amides is 1. The van der Waals surface area contributed by atoms with E-state index in [4.69, 9.17) is 14.6 Å². The number of halogens is 3. The van der Waals surface area contributed by atoms with Gasteiger partial charge in [0.1, 0.15) is 5.75 Å². The molecule has 0 unspecified atom stereocenters. The lowest BCUT2D eigenvalue weighted by atomic mass is 9.87. The summed E-state index contributed by atoms with van der Waals surface area (Å²) in [5.74, 6) is -2.10. The second kappa shape index (κ2) is 10.1. The predicted molar refractivity (Wildman–Crippen MR) is 110 cm³/mol. The first-order chi connectivity index (χ1) is 14.8. The first kappa shape index (κ1) is 25.9. The van der Waals surface area contributed by atoms with Crippen LogP contribution in [0.1, 0.15) is 12.0 Å². The highest BCUT2D eigenvalue weighted by atomic mass is 32.2. The molecule has 0 aliphatic carbocycles. The third-order valence-electron chi connectivity index (χ3n) is 5.62. The highest BCUT2D eigenvalue weighted by Crippen LogP contribution is 2.38. The summed E-state index contributed by atoms with van der Waals surface area (Å²) in [7, 11) is 1.98. The number of carbonyl (C=O) groups is 2. The Morgan fingerprint density at radius 3 is 2.41 bits per heavy atom. The van der Waals surface area contributed by atoms with Crippen molar-refractivity contribution < 1.29 is 41.0 Å². The van der Waals surface area contributed by atoms with Gasteiger partial charge in [0.25, 0.3) is 0 Å². The third kappa shape index (κ3) is 6.35. The van der Waals surface area contributed by atoms with Crippen molar-refractivity contribution in [3.8, 4) is 5.75 Å². The fourth-order valence-corrected chi connectivity index (χ4v) is 6.23. The van der Waals surface area contributed by atoms with Gasteiger partial charge in [0.05, 0.1) is 18.1 Å². The Balaban J connectivity index is 0.000000451. The molecule has 12 heteroatoms. The average Bonchev–Trinajstić information content (AvgIpc) is 3.12. The van der Waals surface area contributed by atoms with Gasteiger partial charge < -0.3 is 14.7 Å². The van der Waals surface area contributed by atoms with Crippen LogP contribution in [-0.2, 0) is 26.0 Å². The molecule has 1 amide bonds. The van der Waals surface area contributed by atoms with E-state index in [9.17, 15) is 26.4 Å². The Kier molecular flexibility index (Phi) is 8.16. The van der Waals surface area contributed by atoms with Crippen molar-refractivity contribution in [2.24, 2.45) is 11.8 Å². The molecule has 32 heavy (non-hydrogen) atoms. The fourth-order valence-electron chi connectivity index (χ4n) is 4.10. The van der Waals surface area contributed by atoms with Gasteiger partial charge in [-0.2, -0.15) is 13.2 Å². The maximum atomic E-state index is 12.5. The van der Waals surface area contributed by atoms with Gasteiger partial charge in [0.15, 0.2) is 9.84 Å². The lowest BCUT2D eigenvalue weighted by molar-refractivity contribution is -0.192. The number of carbonyl (C=O) groups excluding carboxylic acids is 1. The van der Waals surface area contributed by atoms with Gasteiger partial charge in [-0.25, -0.2) is 13.2 Å². The first-order valence-corrected chi connectivity index (χ1v) is 11.6. The molecule has 8 nitrogen and oxygen atoms in total. The molecule has 2 heterocycles. The Morgan fingerprint density at radius 1 is 1.25 bits per heavy atom. The number of sulfone groups is 1. The Bertz CT molecular complexity index is 936. The molecule has 2 saturated heterocycles. The number of ether oxygens (including phenoxy) is 1. The lowest BCUT2D eigenvalue weighted by Gasteiger charge is -2.33. The van der Waals surface area contributed by atoms with Crippen LogP contribution in [0.2, 0.25) is 0 Å². The second-order valence-electron chi connectivity index (χ2n) is 8.05. The van der Waals surface area contributed by atoms with Gasteiger partial charge in [0, 0.05) is 45.6 Å². The quantitative estimate of drug-likeness (QED) is 0.699. The number of carboxylic acid groups (broad SMARTS) is 1. The van der Waals surface area contributed by atoms with E-state index in [0.29, 0.717) is 26.1 Å². The molecule has 1 aromatic carbocycles. The van der Waals surface area contributed by atoms with E-state index in [2.05, 4.69) is 4.90 Å². The molecule has 0 saturated carbocycles. The summed E-state index contributed by atoms with van der Waals surface area (Å²) >= 11 is 0. The molecule has 1 N–H and O–H groups in total. The van der Waals surface area contributed by atoms with Crippen LogP contribution in [0.5, 0.6) is 5.75 Å². The molecule has 0 aromatic heterocycles. The van der Waals surface area contributed by atoms with E-state index in [1.807, 2.05) is 24.3 Å². The predicted octanol–water partition coefficient (Wildman–Crippen LogP) is 1.65. The number of benzene rings is 1. The maximum Gasteiger partial charge on any atom is 0.490 e. The second-order valence-corrected chi connectivity index (χ2v) is 10.4. The molecular formula is C20H27F3N2O6S. The number of likely N-dealkylation sites (tertiary alicyclic amines) is 1. The van der Waals surface area contributed by atoms with Crippen LogP contribution in [0.4, 0.5) is 13.2 Å². The minimum Gasteiger partial charge on any atom is -0.497 e. The van der Waals surface area contributed by atoms with Crippen molar-refractivity contribution >= 4 is 21.7 Å². The first-order valence-electron chi connectivity index (χ1n) is 9.84. The van der Waals surface area contributed by atoms with Crippen LogP contribution >= 0.6 is 0 Å². The number of carboxylic acids is 1. The number of hydrogen-bond acceptors (Lipinski definition) is 6. The summed E-state index contributed by atoms with van der Waals surface area (Å²) in [5.41, 5.74) is 1.09. The van der Waals surface area contributed by atoms with Crippen LogP contribution < -0.4 is 4.74 Å². The van der Waals surface area contributed by atoms with Crippen LogP contribution in [-0.4, -0.2) is 86.7 Å². The number of methoxy groups -OCH3 is 1. The number of rotatable bonds is 4. The number of nitrogens with zero attached hydrogens (tertiary/aromatic N) is 2. The number of alkyl halides is 3. The van der Waals surface area contributed by atoms with Gasteiger partial charge in [-0.15, -0.1) is 0 Å². The van der Waals surface area contributed by atoms with Crippen molar-refractivity contribution in [2.75, 3.05) is 40.0 Å². The van der Waals surface area contributed by atoms with Crippen molar-refractivity contribution in [2.45, 2.75) is 24.4 Å². The zero-order valence-electron chi connectivity index (χ0n) is 18.0. The van der Waals surface area contributed by atoms with E-state index in [1.54, 1.807) is 26.1 Å². The minimum atomic E-state index is -5.08. The SMILES string of the molecule is COc1cccc(CN2C[C@@H]3[C@@H](C(=O)N(C)C)CCS(=O)(=O)[C@@H]3C2)c1.O=C(O)C(F)(F)F. The van der Waals surface area contributed by atoms with Crippen LogP contribution in [0.15, 0.2) is 24.3 Å². The molecule has 0 spiro atoms. The molecule has 1 aromatic rings. The smallest absolute Gasteiger partial charge is 0.490 e. The van der Waals surface area contributed by atoms with Crippen molar-refractivity contribution in [1.82, 2.24) is 9.80 Å². The minimum absolute atomic E-state index is 0.0492. The van der Waals surface area contributed by atoms with E-state index < -0.39 is 27.2 Å². The highest BCUT2D eigenvalue weighted by Gasteiger charge is 2.50. The summed E-state index contributed by atoms with van der Waals surface area (Å²) in [6, 6.07) is 7.82. The van der Waals surface area contributed by atoms with E-state index in [0.717, 1.165) is 11.3 Å². The van der Waals surface area contributed by atoms with Crippen molar-refractivity contribution in [3.05, 3.63) is 29.8 Å². The Hall–Kier alpha value is -2.34. The van der Waals surface area contributed by atoms with E-state index >= 15 is 0 Å². The highest BCUT2D eigenvalue weighted by molar-refractivity contribution is 7.92. The zero-order valence-corrected chi connectivity index (χ0v) is 18.8. The standard InChI is InChI=1S/C18H26N2O4S.C2HF3O2/c1-19(2)18(21)15-7-8-25(22,23)17-12-20(11-16(15)17)10-13-5-4-6-14(9-13)24-3;3-2(4,5)1(6)7/h4-6,9,15-17H,7-8,10-12H2,1-3H3;(H,6,7)/t15-,16+,17+;/m0./s1. The van der Waals surface area contributed by atoms with Gasteiger partial charge in [-0.3, -0.25) is 9.69 Å². The molecule has 2 aliphatic rings. The molecule has 3 rings (SSSR count). The van der Waals surface area contributed by atoms with E-state index in [1.165, 1.54) is 0 Å². The van der Waals surface area contributed by atoms with Crippen LogP contribution in [0.3, 0.4) is 0 Å².